The molecule has 0 saturated carbocycles. The van der Waals surface area contributed by atoms with Crippen LogP contribution in [0.25, 0.3) is 0 Å². The molecule has 2 rings (SSSR count). The molecule has 0 radical (unpaired) electrons. The molecule has 0 atom stereocenters. The second-order valence-electron chi connectivity index (χ2n) is 4.69. The van der Waals surface area contributed by atoms with Crippen LogP contribution in [0.5, 0.6) is 5.75 Å². The van der Waals surface area contributed by atoms with E-state index in [2.05, 4.69) is 26.6 Å². The number of carbonyl (C=O) groups excluding carboxylic acids is 2. The number of hydrogen-bond donors (Lipinski definition) is 2. The topological polar surface area (TPSA) is 70.7 Å². The molecule has 2 N–H and O–H groups in total. The van der Waals surface area contributed by atoms with Crippen LogP contribution < -0.4 is 20.3 Å². The molecule has 0 aliphatic carbocycles. The average molecular weight is 393 g/mol. The van der Waals surface area contributed by atoms with E-state index in [-0.39, 0.29) is 37.4 Å². The minimum Gasteiger partial charge on any atom is -0.482 e. The van der Waals surface area contributed by atoms with Crippen LogP contribution in [0.2, 0.25) is 0 Å². The van der Waals surface area contributed by atoms with E-state index in [1.54, 1.807) is 12.1 Å². The summed E-state index contributed by atoms with van der Waals surface area (Å²) in [7, 11) is 1.86. The van der Waals surface area contributed by atoms with Gasteiger partial charge >= 0.3 is 0 Å². The average Bonchev–Trinajstić information content (AvgIpc) is 2.46. The maximum absolute atomic E-state index is 12.0. The van der Waals surface area contributed by atoms with E-state index in [0.29, 0.717) is 18.0 Å². The number of rotatable bonds is 6. The standard InChI is InChI=1S/C14H18BrN3O3.ClH/c1-16-5-2-6-17-13(19)8-18-11-4-3-10(15)7-12(11)21-9-14(18)20;/h3-4,7,16H,2,5-6,8-9H2,1H3,(H,17,19);1H. The molecular formula is C14H19BrClN3O3. The molecule has 1 heterocycles. The van der Waals surface area contributed by atoms with Crippen molar-refractivity contribution in [3.8, 4) is 5.75 Å². The number of ether oxygens (including phenoxy) is 1. The molecule has 122 valence electrons. The Morgan fingerprint density at radius 3 is 2.91 bits per heavy atom. The highest BCUT2D eigenvalue weighted by molar-refractivity contribution is 9.10. The molecule has 0 bridgehead atoms. The minimum absolute atomic E-state index is 0. The van der Waals surface area contributed by atoms with Gasteiger partial charge < -0.3 is 15.4 Å². The lowest BCUT2D eigenvalue weighted by molar-refractivity contribution is -0.125. The molecule has 0 saturated heterocycles. The Bertz CT molecular complexity index is 542. The fourth-order valence-corrected chi connectivity index (χ4v) is 2.38. The van der Waals surface area contributed by atoms with Gasteiger partial charge in [0.05, 0.1) is 5.69 Å². The fraction of sp³-hybridized carbons (Fsp3) is 0.429. The Kier molecular flexibility index (Phi) is 7.64. The SMILES string of the molecule is CNCCCNC(=O)CN1C(=O)COc2cc(Br)ccc21.Cl. The lowest BCUT2D eigenvalue weighted by Crippen LogP contribution is -2.45. The number of fused-ring (bicyclic) bond motifs is 1. The summed E-state index contributed by atoms with van der Waals surface area (Å²) < 4.78 is 6.25. The molecule has 1 aromatic carbocycles. The summed E-state index contributed by atoms with van der Waals surface area (Å²) in [5.74, 6) is 0.220. The number of nitrogens with one attached hydrogen (secondary N) is 2. The van der Waals surface area contributed by atoms with E-state index in [1.165, 1.54) is 4.90 Å². The molecule has 1 aliphatic heterocycles. The second kappa shape index (κ2) is 8.97. The summed E-state index contributed by atoms with van der Waals surface area (Å²) >= 11 is 3.36. The third-order valence-corrected chi connectivity index (χ3v) is 3.59. The predicted octanol–water partition coefficient (Wildman–Crippen LogP) is 1.32. The third-order valence-electron chi connectivity index (χ3n) is 3.09. The second-order valence-corrected chi connectivity index (χ2v) is 5.60. The number of amides is 2. The molecule has 0 fully saturated rings. The van der Waals surface area contributed by atoms with Crippen molar-refractivity contribution in [3.05, 3.63) is 22.7 Å². The lowest BCUT2D eigenvalue weighted by atomic mass is 10.2. The Morgan fingerprint density at radius 2 is 2.18 bits per heavy atom. The smallest absolute Gasteiger partial charge is 0.265 e. The van der Waals surface area contributed by atoms with Crippen molar-refractivity contribution >= 4 is 45.8 Å². The van der Waals surface area contributed by atoms with Gasteiger partial charge in [0.2, 0.25) is 5.91 Å². The van der Waals surface area contributed by atoms with Gasteiger partial charge in [0.15, 0.2) is 6.61 Å². The van der Waals surface area contributed by atoms with Crippen molar-refractivity contribution in [3.63, 3.8) is 0 Å². The fourth-order valence-electron chi connectivity index (χ4n) is 2.04. The highest BCUT2D eigenvalue weighted by Gasteiger charge is 2.27. The summed E-state index contributed by atoms with van der Waals surface area (Å²) in [5.41, 5.74) is 0.625. The highest BCUT2D eigenvalue weighted by atomic mass is 79.9. The van der Waals surface area contributed by atoms with E-state index >= 15 is 0 Å². The van der Waals surface area contributed by atoms with Gasteiger partial charge in [-0.1, -0.05) is 15.9 Å². The van der Waals surface area contributed by atoms with E-state index < -0.39 is 0 Å². The Labute approximate surface area is 144 Å². The Hall–Kier alpha value is -1.31. The van der Waals surface area contributed by atoms with Crippen molar-refractivity contribution in [2.24, 2.45) is 0 Å². The maximum atomic E-state index is 12.0. The Morgan fingerprint density at radius 1 is 1.41 bits per heavy atom. The monoisotopic (exact) mass is 391 g/mol. The number of nitrogens with zero attached hydrogens (tertiary/aromatic N) is 1. The third kappa shape index (κ3) is 4.86. The van der Waals surface area contributed by atoms with Crippen molar-refractivity contribution in [1.82, 2.24) is 10.6 Å². The van der Waals surface area contributed by atoms with Gasteiger partial charge in [-0.05, 0) is 38.2 Å². The summed E-state index contributed by atoms with van der Waals surface area (Å²) in [6.45, 7) is 1.39. The molecule has 0 aromatic heterocycles. The quantitative estimate of drug-likeness (QED) is 0.717. The van der Waals surface area contributed by atoms with Gasteiger partial charge in [-0.25, -0.2) is 0 Å². The largest absolute Gasteiger partial charge is 0.482 e. The molecular weight excluding hydrogens is 374 g/mol. The van der Waals surface area contributed by atoms with Crippen LogP contribution in [-0.4, -0.2) is 45.1 Å². The van der Waals surface area contributed by atoms with Crippen LogP contribution in [0.4, 0.5) is 5.69 Å². The first-order valence-electron chi connectivity index (χ1n) is 6.76. The molecule has 0 spiro atoms. The van der Waals surface area contributed by atoms with Gasteiger partial charge in [-0.3, -0.25) is 14.5 Å². The minimum atomic E-state index is -0.213. The van der Waals surface area contributed by atoms with Crippen LogP contribution in [0.15, 0.2) is 22.7 Å². The zero-order chi connectivity index (χ0) is 15.2. The van der Waals surface area contributed by atoms with Gasteiger partial charge in [-0.2, -0.15) is 0 Å². The van der Waals surface area contributed by atoms with Crippen molar-refractivity contribution < 1.29 is 14.3 Å². The van der Waals surface area contributed by atoms with E-state index in [1.807, 2.05) is 13.1 Å². The molecule has 0 unspecified atom stereocenters. The number of hydrogen-bond acceptors (Lipinski definition) is 4. The summed E-state index contributed by atoms with van der Waals surface area (Å²) in [4.78, 5) is 25.3. The predicted molar refractivity (Wildman–Crippen MR) is 90.8 cm³/mol. The summed E-state index contributed by atoms with van der Waals surface area (Å²) in [5, 5.41) is 5.82. The van der Waals surface area contributed by atoms with Crippen LogP contribution >= 0.6 is 28.3 Å². The first-order chi connectivity index (χ1) is 10.1. The number of anilines is 1. The highest BCUT2D eigenvalue weighted by Crippen LogP contribution is 2.34. The maximum Gasteiger partial charge on any atom is 0.265 e. The van der Waals surface area contributed by atoms with Crippen molar-refractivity contribution in [2.75, 3.05) is 38.2 Å². The summed E-state index contributed by atoms with van der Waals surface area (Å²) in [6, 6.07) is 5.38. The molecule has 6 nitrogen and oxygen atoms in total. The number of halogens is 2. The molecule has 22 heavy (non-hydrogen) atoms. The lowest BCUT2D eigenvalue weighted by Gasteiger charge is -2.29. The molecule has 8 heteroatoms. The normalized spacial score (nSPS) is 13.0. The van der Waals surface area contributed by atoms with Crippen LogP contribution in [-0.2, 0) is 9.59 Å². The van der Waals surface area contributed by atoms with E-state index in [4.69, 9.17) is 4.74 Å². The zero-order valence-electron chi connectivity index (χ0n) is 12.2. The van der Waals surface area contributed by atoms with Gasteiger partial charge in [0.25, 0.3) is 5.91 Å². The van der Waals surface area contributed by atoms with Crippen LogP contribution in [0, 0.1) is 0 Å². The van der Waals surface area contributed by atoms with Gasteiger partial charge in [0, 0.05) is 11.0 Å². The van der Waals surface area contributed by atoms with Crippen molar-refractivity contribution in [1.29, 1.82) is 0 Å². The first-order valence-corrected chi connectivity index (χ1v) is 7.55. The molecule has 2 amide bonds. The molecule has 1 aromatic rings. The van der Waals surface area contributed by atoms with Crippen LogP contribution in [0.1, 0.15) is 6.42 Å². The van der Waals surface area contributed by atoms with E-state index in [0.717, 1.165) is 17.4 Å². The number of benzene rings is 1. The van der Waals surface area contributed by atoms with E-state index in [9.17, 15) is 9.59 Å². The number of carbonyl (C=O) groups is 2. The Balaban J connectivity index is 0.00000242. The zero-order valence-corrected chi connectivity index (χ0v) is 14.6. The van der Waals surface area contributed by atoms with Crippen molar-refractivity contribution in [2.45, 2.75) is 6.42 Å². The molecule has 1 aliphatic rings. The van der Waals surface area contributed by atoms with Crippen LogP contribution in [0.3, 0.4) is 0 Å². The van der Waals surface area contributed by atoms with Gasteiger partial charge in [-0.15, -0.1) is 12.4 Å². The first kappa shape index (κ1) is 18.7. The summed E-state index contributed by atoms with van der Waals surface area (Å²) in [6.07, 6.45) is 0.850. The van der Waals surface area contributed by atoms with Gasteiger partial charge in [0.1, 0.15) is 12.3 Å².